The van der Waals surface area contributed by atoms with Crippen LogP contribution in [0.3, 0.4) is 0 Å². The second kappa shape index (κ2) is 3.13. The fourth-order valence-corrected chi connectivity index (χ4v) is 1.83. The number of thiazole rings is 1. The third-order valence-electron chi connectivity index (χ3n) is 1.46. The summed E-state index contributed by atoms with van der Waals surface area (Å²) in [4.78, 5) is 16.0. The summed E-state index contributed by atoms with van der Waals surface area (Å²) in [6, 6.07) is 0. The van der Waals surface area contributed by atoms with E-state index in [9.17, 15) is 4.79 Å². The molecule has 0 bridgehead atoms. The van der Waals surface area contributed by atoms with E-state index in [4.69, 9.17) is 0 Å². The Bertz CT molecular complexity index is 278. The topological polar surface area (TPSA) is 30.0 Å². The van der Waals surface area contributed by atoms with E-state index in [1.165, 1.54) is 11.3 Å². The van der Waals surface area contributed by atoms with Gasteiger partial charge in [-0.05, 0) is 13.3 Å². The van der Waals surface area contributed by atoms with Crippen molar-refractivity contribution in [1.82, 2.24) is 4.98 Å². The van der Waals surface area contributed by atoms with Crippen LogP contribution >= 0.6 is 11.3 Å². The summed E-state index contributed by atoms with van der Waals surface area (Å²) in [7, 11) is 0. The minimum Gasteiger partial charge on any atom is -0.294 e. The minimum atomic E-state index is 0.125. The van der Waals surface area contributed by atoms with Crippen molar-refractivity contribution in [3.8, 4) is 0 Å². The molecule has 0 unspecified atom stereocenters. The van der Waals surface area contributed by atoms with Crippen molar-refractivity contribution in [1.29, 1.82) is 0 Å². The number of nitrogens with zero attached hydrogens (tertiary/aromatic N) is 1. The molecule has 0 spiro atoms. The van der Waals surface area contributed by atoms with Gasteiger partial charge in [-0.2, -0.15) is 0 Å². The average molecular weight is 169 g/mol. The van der Waals surface area contributed by atoms with Crippen LogP contribution in [0.1, 0.15) is 34.2 Å². The number of hydrogen-bond acceptors (Lipinski definition) is 3. The van der Waals surface area contributed by atoms with Crippen molar-refractivity contribution < 1.29 is 4.79 Å². The molecule has 0 saturated heterocycles. The molecule has 1 aromatic heterocycles. The van der Waals surface area contributed by atoms with Crippen LogP contribution in [-0.2, 0) is 6.42 Å². The number of rotatable bonds is 2. The van der Waals surface area contributed by atoms with Crippen LogP contribution in [0.2, 0.25) is 0 Å². The van der Waals surface area contributed by atoms with E-state index >= 15 is 0 Å². The predicted octanol–water partition coefficient (Wildman–Crippen LogP) is 2.22. The van der Waals surface area contributed by atoms with Crippen LogP contribution in [0.25, 0.3) is 0 Å². The number of hydrogen-bond donors (Lipinski definition) is 0. The maximum atomic E-state index is 11.0. The Hall–Kier alpha value is -0.700. The van der Waals surface area contributed by atoms with Gasteiger partial charge in [0.05, 0.1) is 15.6 Å². The lowest BCUT2D eigenvalue weighted by atomic mass is 10.3. The maximum absolute atomic E-state index is 11.0. The van der Waals surface area contributed by atoms with E-state index in [1.54, 1.807) is 6.92 Å². The molecule has 0 saturated carbocycles. The Morgan fingerprint density at radius 1 is 1.64 bits per heavy atom. The van der Waals surface area contributed by atoms with E-state index in [2.05, 4.69) is 4.98 Å². The minimum absolute atomic E-state index is 0.125. The van der Waals surface area contributed by atoms with Crippen molar-refractivity contribution in [2.24, 2.45) is 0 Å². The number of aryl methyl sites for hydroxylation is 2. The summed E-state index contributed by atoms with van der Waals surface area (Å²) in [6.45, 7) is 5.51. The molecule has 0 atom stereocenters. The lowest BCUT2D eigenvalue weighted by Crippen LogP contribution is -1.89. The van der Waals surface area contributed by atoms with Gasteiger partial charge < -0.3 is 0 Å². The second-order valence-electron chi connectivity index (χ2n) is 2.43. The number of carbonyl (C=O) groups is 1. The van der Waals surface area contributed by atoms with Gasteiger partial charge >= 0.3 is 0 Å². The average Bonchev–Trinajstić information content (AvgIpc) is 2.30. The van der Waals surface area contributed by atoms with Crippen molar-refractivity contribution in [2.75, 3.05) is 0 Å². The molecule has 2 nitrogen and oxygen atoms in total. The molecule has 60 valence electrons. The van der Waals surface area contributed by atoms with Crippen molar-refractivity contribution in [3.63, 3.8) is 0 Å². The summed E-state index contributed by atoms with van der Waals surface area (Å²) in [6.07, 6.45) is 0.915. The molecular weight excluding hydrogens is 158 g/mol. The van der Waals surface area contributed by atoms with Gasteiger partial charge in [0.2, 0.25) is 0 Å². The van der Waals surface area contributed by atoms with Crippen LogP contribution in [0.5, 0.6) is 0 Å². The monoisotopic (exact) mass is 169 g/mol. The van der Waals surface area contributed by atoms with Crippen molar-refractivity contribution in [2.45, 2.75) is 27.2 Å². The summed E-state index contributed by atoms with van der Waals surface area (Å²) >= 11 is 1.51. The van der Waals surface area contributed by atoms with E-state index < -0.39 is 0 Å². The first-order valence-corrected chi connectivity index (χ1v) is 4.44. The van der Waals surface area contributed by atoms with Gasteiger partial charge in [-0.1, -0.05) is 6.92 Å². The normalized spacial score (nSPS) is 10.1. The zero-order valence-electron chi connectivity index (χ0n) is 6.97. The largest absolute Gasteiger partial charge is 0.294 e. The van der Waals surface area contributed by atoms with Gasteiger partial charge in [0.25, 0.3) is 0 Å². The standard InChI is InChI=1S/C8H11NOS/c1-4-7-9-5(2)8(11-7)6(3)10/h4H2,1-3H3. The first kappa shape index (κ1) is 8.40. The highest BCUT2D eigenvalue weighted by atomic mass is 32.1. The van der Waals surface area contributed by atoms with Gasteiger partial charge in [0, 0.05) is 6.92 Å². The second-order valence-corrected chi connectivity index (χ2v) is 3.52. The Labute approximate surface area is 70.3 Å². The molecule has 0 fully saturated rings. The highest BCUT2D eigenvalue weighted by Gasteiger charge is 2.09. The predicted molar refractivity (Wildman–Crippen MR) is 46.2 cm³/mol. The smallest absolute Gasteiger partial charge is 0.171 e. The van der Waals surface area contributed by atoms with Crippen molar-refractivity contribution in [3.05, 3.63) is 15.6 Å². The summed E-state index contributed by atoms with van der Waals surface area (Å²) < 4.78 is 0. The van der Waals surface area contributed by atoms with Gasteiger partial charge in [0.1, 0.15) is 0 Å². The number of aromatic nitrogens is 1. The molecule has 1 aromatic rings. The molecule has 3 heteroatoms. The Balaban J connectivity index is 3.07. The molecule has 0 N–H and O–H groups in total. The zero-order valence-corrected chi connectivity index (χ0v) is 7.79. The maximum Gasteiger partial charge on any atom is 0.171 e. The SMILES string of the molecule is CCc1nc(C)c(C(C)=O)s1. The third kappa shape index (κ3) is 1.66. The van der Waals surface area contributed by atoms with E-state index in [0.29, 0.717) is 0 Å². The summed E-state index contributed by atoms with van der Waals surface area (Å²) in [5.41, 5.74) is 0.874. The van der Waals surface area contributed by atoms with E-state index in [0.717, 1.165) is 22.0 Å². The molecule has 0 aromatic carbocycles. The Morgan fingerprint density at radius 2 is 2.27 bits per heavy atom. The molecule has 0 aliphatic carbocycles. The molecule has 1 rings (SSSR count). The van der Waals surface area contributed by atoms with E-state index in [-0.39, 0.29) is 5.78 Å². The molecular formula is C8H11NOS. The third-order valence-corrected chi connectivity index (χ3v) is 2.87. The van der Waals surface area contributed by atoms with Gasteiger partial charge in [0.15, 0.2) is 5.78 Å². The molecule has 0 amide bonds. The first-order chi connectivity index (χ1) is 5.15. The number of Topliss-reactive ketones (excluding diaryl/α,β-unsaturated/α-hetero) is 1. The quantitative estimate of drug-likeness (QED) is 0.635. The molecule has 0 aliphatic heterocycles. The van der Waals surface area contributed by atoms with E-state index in [1.807, 2.05) is 13.8 Å². The molecule has 11 heavy (non-hydrogen) atoms. The van der Waals surface area contributed by atoms with Crippen LogP contribution in [0.15, 0.2) is 0 Å². The van der Waals surface area contributed by atoms with Gasteiger partial charge in [-0.25, -0.2) is 4.98 Å². The van der Waals surface area contributed by atoms with Crippen LogP contribution in [0.4, 0.5) is 0 Å². The summed E-state index contributed by atoms with van der Waals surface area (Å²) in [5, 5.41) is 1.05. The number of carbonyl (C=O) groups excluding carboxylic acids is 1. The molecule has 0 radical (unpaired) electrons. The van der Waals surface area contributed by atoms with Crippen LogP contribution in [-0.4, -0.2) is 10.8 Å². The summed E-state index contributed by atoms with van der Waals surface area (Å²) in [5.74, 6) is 0.125. The van der Waals surface area contributed by atoms with Crippen LogP contribution < -0.4 is 0 Å². The lowest BCUT2D eigenvalue weighted by Gasteiger charge is -1.85. The first-order valence-electron chi connectivity index (χ1n) is 3.62. The molecule has 1 heterocycles. The van der Waals surface area contributed by atoms with Gasteiger partial charge in [-0.3, -0.25) is 4.79 Å². The fourth-order valence-electron chi connectivity index (χ4n) is 0.930. The highest BCUT2D eigenvalue weighted by molar-refractivity contribution is 7.13. The highest BCUT2D eigenvalue weighted by Crippen LogP contribution is 2.18. The van der Waals surface area contributed by atoms with Crippen LogP contribution in [0, 0.1) is 6.92 Å². The molecule has 0 aliphatic rings. The van der Waals surface area contributed by atoms with Crippen molar-refractivity contribution >= 4 is 17.1 Å². The number of ketones is 1. The Kier molecular flexibility index (Phi) is 2.39. The zero-order chi connectivity index (χ0) is 8.43. The lowest BCUT2D eigenvalue weighted by molar-refractivity contribution is 0.102. The van der Waals surface area contributed by atoms with Gasteiger partial charge in [-0.15, -0.1) is 11.3 Å². The Morgan fingerprint density at radius 3 is 2.55 bits per heavy atom. The fraction of sp³-hybridized carbons (Fsp3) is 0.500.